The van der Waals surface area contributed by atoms with Crippen LogP contribution in [0.25, 0.3) is 32.3 Å². The Morgan fingerprint density at radius 2 is 1.24 bits per heavy atom. The molecule has 2 atom stereocenters. The van der Waals surface area contributed by atoms with Crippen molar-refractivity contribution in [3.05, 3.63) is 102 Å². The van der Waals surface area contributed by atoms with Crippen molar-refractivity contribution in [3.63, 3.8) is 0 Å². The van der Waals surface area contributed by atoms with Crippen molar-refractivity contribution in [2.45, 2.75) is 66.8 Å². The van der Waals surface area contributed by atoms with Gasteiger partial charge < -0.3 is 9.47 Å². The minimum Gasteiger partial charge on any atom is -0.465 e. The van der Waals surface area contributed by atoms with Crippen molar-refractivity contribution < 1.29 is 9.47 Å². The van der Waals surface area contributed by atoms with E-state index in [-0.39, 0.29) is 5.41 Å². The molecule has 2 nitrogen and oxygen atoms in total. The molecule has 0 saturated carbocycles. The van der Waals surface area contributed by atoms with Gasteiger partial charge in [-0.25, -0.2) is 0 Å². The summed E-state index contributed by atoms with van der Waals surface area (Å²) in [7, 11) is 0. The van der Waals surface area contributed by atoms with E-state index in [0.717, 1.165) is 17.6 Å². The van der Waals surface area contributed by atoms with Gasteiger partial charge in [0.15, 0.2) is 6.29 Å². The molecule has 0 N–H and O–H groups in total. The number of hydrogen-bond acceptors (Lipinski definition) is 2. The Labute approximate surface area is 227 Å². The molecular weight excluding hydrogens is 464 g/mol. The molecule has 0 aliphatic heterocycles. The summed E-state index contributed by atoms with van der Waals surface area (Å²) in [5, 5.41) is 7.35. The topological polar surface area (TPSA) is 18.5 Å². The lowest BCUT2D eigenvalue weighted by molar-refractivity contribution is -0.0744. The highest BCUT2D eigenvalue weighted by molar-refractivity contribution is 6.02. The second-order valence-electron chi connectivity index (χ2n) is 12.1. The minimum atomic E-state index is -0.391. The number of hydrogen-bond donors (Lipinski definition) is 0. The van der Waals surface area contributed by atoms with Gasteiger partial charge in [-0.1, -0.05) is 113 Å². The second-order valence-corrected chi connectivity index (χ2v) is 12.1. The van der Waals surface area contributed by atoms with Crippen molar-refractivity contribution in [2.24, 2.45) is 11.3 Å². The molecule has 0 amide bonds. The predicted molar refractivity (Wildman–Crippen MR) is 162 cm³/mol. The van der Waals surface area contributed by atoms with E-state index in [1.54, 1.807) is 0 Å². The number of fused-ring (bicyclic) bond motifs is 3. The average Bonchev–Trinajstić information content (AvgIpc) is 2.89. The fourth-order valence-electron chi connectivity index (χ4n) is 5.77. The summed E-state index contributed by atoms with van der Waals surface area (Å²) in [5.41, 5.74) is 2.88. The Morgan fingerprint density at radius 1 is 0.658 bits per heavy atom. The molecule has 0 saturated heterocycles. The predicted octanol–water partition coefficient (Wildman–Crippen LogP) is 10.3. The van der Waals surface area contributed by atoms with Gasteiger partial charge in [-0.05, 0) is 80.8 Å². The Kier molecular flexibility index (Phi) is 7.45. The molecule has 0 aromatic heterocycles. The van der Waals surface area contributed by atoms with Crippen molar-refractivity contribution >= 4 is 32.3 Å². The Hall–Kier alpha value is -3.36. The lowest BCUT2D eigenvalue weighted by Crippen LogP contribution is -2.17. The maximum atomic E-state index is 6.45. The van der Waals surface area contributed by atoms with Crippen molar-refractivity contribution in [2.75, 3.05) is 0 Å². The summed E-state index contributed by atoms with van der Waals surface area (Å²) in [6.45, 7) is 14.2. The molecular formula is C36H40O2. The van der Waals surface area contributed by atoms with Crippen LogP contribution in [0.2, 0.25) is 0 Å². The van der Waals surface area contributed by atoms with Crippen LogP contribution in [0.4, 0.5) is 0 Å². The van der Waals surface area contributed by atoms with Gasteiger partial charge in [0.05, 0.1) is 6.61 Å². The quantitative estimate of drug-likeness (QED) is 0.155. The van der Waals surface area contributed by atoms with Gasteiger partial charge in [0.2, 0.25) is 0 Å². The van der Waals surface area contributed by atoms with E-state index in [1.807, 2.05) is 6.92 Å². The first kappa shape index (κ1) is 26.3. The molecule has 5 aromatic carbocycles. The summed E-state index contributed by atoms with van der Waals surface area (Å²) in [5.74, 6) is 1.92. The highest BCUT2D eigenvalue weighted by Gasteiger charge is 2.25. The van der Waals surface area contributed by atoms with Crippen LogP contribution < -0.4 is 4.74 Å². The molecule has 196 valence electrons. The van der Waals surface area contributed by atoms with Crippen molar-refractivity contribution in [3.8, 4) is 5.75 Å². The molecule has 0 bridgehead atoms. The van der Waals surface area contributed by atoms with Crippen LogP contribution in [-0.4, -0.2) is 6.29 Å². The zero-order valence-corrected chi connectivity index (χ0v) is 23.6. The molecule has 0 aliphatic carbocycles. The van der Waals surface area contributed by atoms with E-state index >= 15 is 0 Å². The molecule has 0 fully saturated rings. The van der Waals surface area contributed by atoms with E-state index in [1.165, 1.54) is 38.1 Å². The molecule has 38 heavy (non-hydrogen) atoms. The van der Waals surface area contributed by atoms with Crippen LogP contribution >= 0.6 is 0 Å². The molecule has 2 heteroatoms. The molecule has 0 heterocycles. The smallest absolute Gasteiger partial charge is 0.197 e. The van der Waals surface area contributed by atoms with Gasteiger partial charge in [0.25, 0.3) is 0 Å². The summed E-state index contributed by atoms with van der Waals surface area (Å²) in [6, 6.07) is 32.4. The van der Waals surface area contributed by atoms with Crippen LogP contribution in [0.5, 0.6) is 5.75 Å². The highest BCUT2D eigenvalue weighted by Crippen LogP contribution is 2.41. The molecule has 5 rings (SSSR count). The third kappa shape index (κ3) is 5.56. The molecule has 5 aromatic rings. The van der Waals surface area contributed by atoms with E-state index < -0.39 is 6.29 Å². The van der Waals surface area contributed by atoms with E-state index in [0.29, 0.717) is 18.4 Å². The Balaban J connectivity index is 1.42. The van der Waals surface area contributed by atoms with Crippen LogP contribution in [0.1, 0.15) is 65.0 Å². The maximum Gasteiger partial charge on any atom is 0.197 e. The van der Waals surface area contributed by atoms with Gasteiger partial charge in [-0.15, -0.1) is 0 Å². The maximum absolute atomic E-state index is 6.45. The fraction of sp³-hybridized carbons (Fsp3) is 0.333. The van der Waals surface area contributed by atoms with Gasteiger partial charge >= 0.3 is 0 Å². The lowest BCUT2D eigenvalue weighted by atomic mass is 9.75. The fourth-order valence-corrected chi connectivity index (χ4v) is 5.77. The summed E-state index contributed by atoms with van der Waals surface area (Å²) in [6.07, 6.45) is 0.755. The van der Waals surface area contributed by atoms with Crippen molar-refractivity contribution in [1.29, 1.82) is 0 Å². The number of ether oxygens (including phenoxy) is 2. The van der Waals surface area contributed by atoms with Crippen LogP contribution in [0, 0.1) is 11.3 Å². The summed E-state index contributed by atoms with van der Waals surface area (Å²) in [4.78, 5) is 0. The molecule has 0 aliphatic rings. The van der Waals surface area contributed by atoms with Crippen LogP contribution in [0.3, 0.4) is 0 Å². The van der Waals surface area contributed by atoms with E-state index in [2.05, 4.69) is 126 Å². The number of rotatable bonds is 8. The van der Waals surface area contributed by atoms with Crippen molar-refractivity contribution in [1.82, 2.24) is 0 Å². The first-order valence-corrected chi connectivity index (χ1v) is 13.9. The van der Waals surface area contributed by atoms with Crippen LogP contribution in [0.15, 0.2) is 91.0 Å². The van der Waals surface area contributed by atoms with Gasteiger partial charge in [-0.2, -0.15) is 0 Å². The normalized spacial score (nSPS) is 13.9. The zero-order valence-electron chi connectivity index (χ0n) is 23.6. The first-order valence-electron chi connectivity index (χ1n) is 13.9. The molecule has 2 unspecified atom stereocenters. The van der Waals surface area contributed by atoms with Gasteiger partial charge in [0.1, 0.15) is 5.75 Å². The zero-order chi connectivity index (χ0) is 26.9. The van der Waals surface area contributed by atoms with Crippen LogP contribution in [-0.2, 0) is 11.3 Å². The monoisotopic (exact) mass is 504 g/mol. The largest absolute Gasteiger partial charge is 0.465 e. The standard InChI is InChI=1S/C36H40O2/c1-24(2)33(22-36(4,5)6)31-17-11-19-32-30(31)18-12-20-35(32)38-25(3)37-23-34-28-15-9-7-13-26(28)21-27-14-8-10-16-29(27)34/h7-21,24-25,33H,22-23H2,1-6H3. The second kappa shape index (κ2) is 10.8. The van der Waals surface area contributed by atoms with E-state index in [9.17, 15) is 0 Å². The highest BCUT2D eigenvalue weighted by atomic mass is 16.7. The average molecular weight is 505 g/mol. The van der Waals surface area contributed by atoms with E-state index in [4.69, 9.17) is 9.47 Å². The van der Waals surface area contributed by atoms with Gasteiger partial charge in [-0.3, -0.25) is 0 Å². The third-order valence-corrected chi connectivity index (χ3v) is 7.59. The third-order valence-electron chi connectivity index (χ3n) is 7.59. The Bertz CT molecular complexity index is 1500. The molecule has 0 spiro atoms. The summed E-state index contributed by atoms with van der Waals surface area (Å²) >= 11 is 0. The Morgan fingerprint density at radius 3 is 1.87 bits per heavy atom. The van der Waals surface area contributed by atoms with Gasteiger partial charge in [0, 0.05) is 5.39 Å². The lowest BCUT2D eigenvalue weighted by Gasteiger charge is -2.30. The summed E-state index contributed by atoms with van der Waals surface area (Å²) < 4.78 is 12.8. The SMILES string of the molecule is CC(OCc1c2ccccc2cc2ccccc12)Oc1cccc2c(C(CC(C)(C)C)C(C)C)cccc12. The molecule has 0 radical (unpaired) electrons. The number of benzene rings is 5. The first-order chi connectivity index (χ1) is 18.2. The minimum absolute atomic E-state index is 0.263.